The van der Waals surface area contributed by atoms with Gasteiger partial charge < -0.3 is 10.3 Å². The molecule has 17 heavy (non-hydrogen) atoms. The monoisotopic (exact) mass is 231 g/mol. The topological polar surface area (TPSA) is 66.5 Å². The molecule has 2 N–H and O–H groups in total. The minimum absolute atomic E-state index is 0.633. The van der Waals surface area contributed by atoms with Gasteiger partial charge >= 0.3 is 0 Å². The molecule has 0 saturated carbocycles. The minimum Gasteiger partial charge on any atom is -0.361 e. The number of hydrogen-bond donors (Lipinski definition) is 2. The Morgan fingerprint density at radius 1 is 1.12 bits per heavy atom. The van der Waals surface area contributed by atoms with Crippen LogP contribution in [0.15, 0.2) is 6.20 Å². The maximum absolute atomic E-state index is 4.41. The molecular formula is C12H17N5. The van der Waals surface area contributed by atoms with Gasteiger partial charge in [-0.1, -0.05) is 0 Å². The van der Waals surface area contributed by atoms with Crippen LogP contribution in [0.5, 0.6) is 0 Å². The van der Waals surface area contributed by atoms with Crippen molar-refractivity contribution in [2.24, 2.45) is 0 Å². The van der Waals surface area contributed by atoms with Crippen molar-refractivity contribution in [3.63, 3.8) is 0 Å². The number of H-pyrrole nitrogens is 1. The maximum Gasteiger partial charge on any atom is 0.148 e. The molecule has 0 aromatic carbocycles. The lowest BCUT2D eigenvalue weighted by Crippen LogP contribution is -2.06. The van der Waals surface area contributed by atoms with E-state index in [1.807, 2.05) is 27.7 Å². The van der Waals surface area contributed by atoms with Gasteiger partial charge in [0.05, 0.1) is 23.6 Å². The Balaban J connectivity index is 2.09. The van der Waals surface area contributed by atoms with Crippen LogP contribution in [-0.2, 0) is 6.54 Å². The highest BCUT2D eigenvalue weighted by Crippen LogP contribution is 2.10. The third-order valence-corrected chi connectivity index (χ3v) is 2.68. The predicted octanol–water partition coefficient (Wildman–Crippen LogP) is 2.05. The van der Waals surface area contributed by atoms with Gasteiger partial charge in [0.1, 0.15) is 11.6 Å². The molecule has 0 fully saturated rings. The SMILES string of the molecule is Cc1cnc(C)c(NCc2nc(C)c(C)[nH]2)n1. The molecular weight excluding hydrogens is 214 g/mol. The van der Waals surface area contributed by atoms with E-state index < -0.39 is 0 Å². The van der Waals surface area contributed by atoms with E-state index >= 15 is 0 Å². The average molecular weight is 231 g/mol. The standard InChI is InChI=1S/C12H17N5/c1-7-5-13-10(4)12(15-7)14-6-11-16-8(2)9(3)17-11/h5H,6H2,1-4H3,(H,14,15)(H,16,17). The smallest absolute Gasteiger partial charge is 0.148 e. The van der Waals surface area contributed by atoms with E-state index in [-0.39, 0.29) is 0 Å². The summed E-state index contributed by atoms with van der Waals surface area (Å²) in [5.74, 6) is 1.74. The summed E-state index contributed by atoms with van der Waals surface area (Å²) in [6.45, 7) is 8.51. The number of imidazole rings is 1. The van der Waals surface area contributed by atoms with Crippen molar-refractivity contribution in [1.82, 2.24) is 19.9 Å². The Morgan fingerprint density at radius 2 is 1.88 bits per heavy atom. The second kappa shape index (κ2) is 4.53. The molecule has 0 aliphatic heterocycles. The van der Waals surface area contributed by atoms with Crippen LogP contribution in [0.2, 0.25) is 0 Å². The van der Waals surface area contributed by atoms with Gasteiger partial charge in [-0.05, 0) is 27.7 Å². The molecule has 0 amide bonds. The normalized spacial score (nSPS) is 10.6. The van der Waals surface area contributed by atoms with Crippen molar-refractivity contribution < 1.29 is 0 Å². The third kappa shape index (κ3) is 2.61. The van der Waals surface area contributed by atoms with E-state index in [2.05, 4.69) is 25.3 Å². The number of nitrogens with one attached hydrogen (secondary N) is 2. The Hall–Kier alpha value is -1.91. The van der Waals surface area contributed by atoms with Crippen LogP contribution >= 0.6 is 0 Å². The van der Waals surface area contributed by atoms with Crippen LogP contribution in [0.4, 0.5) is 5.82 Å². The quantitative estimate of drug-likeness (QED) is 0.848. The molecule has 90 valence electrons. The summed E-state index contributed by atoms with van der Waals surface area (Å²) in [6.07, 6.45) is 1.77. The zero-order valence-electron chi connectivity index (χ0n) is 10.6. The number of hydrogen-bond acceptors (Lipinski definition) is 4. The molecule has 2 rings (SSSR count). The van der Waals surface area contributed by atoms with Gasteiger partial charge in [-0.3, -0.25) is 4.98 Å². The van der Waals surface area contributed by atoms with Crippen LogP contribution in [0.1, 0.15) is 28.6 Å². The summed E-state index contributed by atoms with van der Waals surface area (Å²) in [7, 11) is 0. The van der Waals surface area contributed by atoms with Crippen molar-refractivity contribution in [3.8, 4) is 0 Å². The van der Waals surface area contributed by atoms with E-state index in [9.17, 15) is 0 Å². The Labute approximate surface area is 101 Å². The summed E-state index contributed by atoms with van der Waals surface area (Å²) in [6, 6.07) is 0. The van der Waals surface area contributed by atoms with Gasteiger partial charge in [0.2, 0.25) is 0 Å². The molecule has 5 nitrogen and oxygen atoms in total. The minimum atomic E-state index is 0.633. The van der Waals surface area contributed by atoms with E-state index in [1.165, 1.54) is 0 Å². The lowest BCUT2D eigenvalue weighted by atomic mass is 10.4. The Kier molecular flexibility index (Phi) is 3.08. The summed E-state index contributed by atoms with van der Waals surface area (Å²) < 4.78 is 0. The van der Waals surface area contributed by atoms with Gasteiger partial charge in [-0.15, -0.1) is 0 Å². The molecule has 0 unspecified atom stereocenters. The molecule has 5 heteroatoms. The number of anilines is 1. The lowest BCUT2D eigenvalue weighted by molar-refractivity contribution is 0.955. The fourth-order valence-corrected chi connectivity index (χ4v) is 1.58. The molecule has 0 aliphatic carbocycles. The van der Waals surface area contributed by atoms with E-state index in [0.717, 1.165) is 34.4 Å². The highest BCUT2D eigenvalue weighted by Gasteiger charge is 2.05. The van der Waals surface area contributed by atoms with Crippen molar-refractivity contribution in [2.45, 2.75) is 34.2 Å². The van der Waals surface area contributed by atoms with E-state index in [0.29, 0.717) is 6.54 Å². The van der Waals surface area contributed by atoms with Gasteiger partial charge in [0.25, 0.3) is 0 Å². The third-order valence-electron chi connectivity index (χ3n) is 2.68. The molecule has 0 atom stereocenters. The van der Waals surface area contributed by atoms with Gasteiger partial charge in [0.15, 0.2) is 0 Å². The van der Waals surface area contributed by atoms with Crippen LogP contribution in [-0.4, -0.2) is 19.9 Å². The van der Waals surface area contributed by atoms with Gasteiger partial charge in [-0.25, -0.2) is 9.97 Å². The molecule has 0 bridgehead atoms. The zero-order chi connectivity index (χ0) is 12.4. The lowest BCUT2D eigenvalue weighted by Gasteiger charge is -2.06. The molecule has 0 radical (unpaired) electrons. The number of rotatable bonds is 3. The molecule has 0 spiro atoms. The molecule has 2 heterocycles. The van der Waals surface area contributed by atoms with Gasteiger partial charge in [-0.2, -0.15) is 0 Å². The summed E-state index contributed by atoms with van der Waals surface area (Å²) in [4.78, 5) is 16.3. The fraction of sp³-hybridized carbons (Fsp3) is 0.417. The second-order valence-electron chi connectivity index (χ2n) is 4.19. The van der Waals surface area contributed by atoms with Crippen LogP contribution in [0.25, 0.3) is 0 Å². The predicted molar refractivity (Wildman–Crippen MR) is 66.9 cm³/mol. The number of aromatic amines is 1. The zero-order valence-corrected chi connectivity index (χ0v) is 10.6. The molecule has 2 aromatic rings. The highest BCUT2D eigenvalue weighted by atomic mass is 15.1. The molecule has 0 saturated heterocycles. The average Bonchev–Trinajstić information content (AvgIpc) is 2.60. The first-order valence-corrected chi connectivity index (χ1v) is 5.62. The van der Waals surface area contributed by atoms with Crippen molar-refractivity contribution in [3.05, 3.63) is 34.8 Å². The van der Waals surface area contributed by atoms with Crippen LogP contribution in [0, 0.1) is 27.7 Å². The van der Waals surface area contributed by atoms with Crippen LogP contribution < -0.4 is 5.32 Å². The highest BCUT2D eigenvalue weighted by molar-refractivity contribution is 5.39. The first-order valence-electron chi connectivity index (χ1n) is 5.62. The van der Waals surface area contributed by atoms with Crippen molar-refractivity contribution in [2.75, 3.05) is 5.32 Å². The van der Waals surface area contributed by atoms with Crippen molar-refractivity contribution >= 4 is 5.82 Å². The molecule has 2 aromatic heterocycles. The fourth-order valence-electron chi connectivity index (χ4n) is 1.58. The first-order chi connectivity index (χ1) is 8.06. The number of nitrogens with zero attached hydrogens (tertiary/aromatic N) is 3. The molecule has 0 aliphatic rings. The maximum atomic E-state index is 4.41. The summed E-state index contributed by atoms with van der Waals surface area (Å²) >= 11 is 0. The van der Waals surface area contributed by atoms with Crippen molar-refractivity contribution in [1.29, 1.82) is 0 Å². The number of aryl methyl sites for hydroxylation is 4. The largest absolute Gasteiger partial charge is 0.361 e. The Bertz CT molecular complexity index is 510. The summed E-state index contributed by atoms with van der Waals surface area (Å²) in [5, 5.41) is 3.24. The van der Waals surface area contributed by atoms with E-state index in [1.54, 1.807) is 6.20 Å². The summed E-state index contributed by atoms with van der Waals surface area (Å²) in [5.41, 5.74) is 3.95. The van der Waals surface area contributed by atoms with Crippen LogP contribution in [0.3, 0.4) is 0 Å². The van der Waals surface area contributed by atoms with Gasteiger partial charge in [0, 0.05) is 11.9 Å². The van der Waals surface area contributed by atoms with E-state index in [4.69, 9.17) is 0 Å². The number of aromatic nitrogens is 4. The second-order valence-corrected chi connectivity index (χ2v) is 4.19. The Morgan fingerprint density at radius 3 is 2.53 bits per heavy atom. The first kappa shape index (κ1) is 11.6.